The van der Waals surface area contributed by atoms with Crippen LogP contribution in [-0.4, -0.2) is 54.3 Å². The molecule has 0 aromatic carbocycles. The number of carbonyl (C=O) groups is 2. The lowest BCUT2D eigenvalue weighted by molar-refractivity contribution is -0.136. The summed E-state index contributed by atoms with van der Waals surface area (Å²) >= 11 is 0. The molecule has 1 atom stereocenters. The van der Waals surface area contributed by atoms with Gasteiger partial charge in [0.1, 0.15) is 0 Å². The molecule has 0 spiro atoms. The topological polar surface area (TPSA) is 66.6 Å². The zero-order valence-electron chi connectivity index (χ0n) is 7.77. The second kappa shape index (κ2) is 4.23. The SMILES string of the molecule is C[C@H](N)C(=O)N1CCN(C=O)CC1. The molecule has 0 radical (unpaired) electrons. The Labute approximate surface area is 77.5 Å². The first kappa shape index (κ1) is 9.98. The first-order valence-electron chi connectivity index (χ1n) is 4.39. The van der Waals surface area contributed by atoms with Crippen molar-refractivity contribution in [3.05, 3.63) is 0 Å². The molecule has 5 heteroatoms. The van der Waals surface area contributed by atoms with Gasteiger partial charge in [0.05, 0.1) is 6.04 Å². The zero-order valence-corrected chi connectivity index (χ0v) is 7.77. The summed E-state index contributed by atoms with van der Waals surface area (Å²) in [7, 11) is 0. The second-order valence-electron chi connectivity index (χ2n) is 3.26. The van der Waals surface area contributed by atoms with Crippen LogP contribution in [0.1, 0.15) is 6.92 Å². The van der Waals surface area contributed by atoms with Gasteiger partial charge in [0, 0.05) is 26.2 Å². The van der Waals surface area contributed by atoms with Crippen LogP contribution in [0.3, 0.4) is 0 Å². The fourth-order valence-corrected chi connectivity index (χ4v) is 1.34. The summed E-state index contributed by atoms with van der Waals surface area (Å²) in [6, 6.07) is -0.442. The molecule has 0 unspecified atom stereocenters. The van der Waals surface area contributed by atoms with Gasteiger partial charge < -0.3 is 15.5 Å². The van der Waals surface area contributed by atoms with E-state index in [0.29, 0.717) is 26.2 Å². The lowest BCUT2D eigenvalue weighted by atomic mass is 10.2. The Kier molecular flexibility index (Phi) is 3.25. The van der Waals surface area contributed by atoms with Crippen LogP contribution in [0.4, 0.5) is 0 Å². The molecule has 2 N–H and O–H groups in total. The number of carbonyl (C=O) groups excluding carboxylic acids is 2. The van der Waals surface area contributed by atoms with Gasteiger partial charge in [-0.25, -0.2) is 0 Å². The van der Waals surface area contributed by atoms with Crippen molar-refractivity contribution in [1.82, 2.24) is 9.80 Å². The third-order valence-corrected chi connectivity index (χ3v) is 2.16. The van der Waals surface area contributed by atoms with Gasteiger partial charge in [-0.3, -0.25) is 9.59 Å². The highest BCUT2D eigenvalue weighted by Crippen LogP contribution is 2.00. The third kappa shape index (κ3) is 2.42. The van der Waals surface area contributed by atoms with Crippen LogP contribution >= 0.6 is 0 Å². The number of amides is 2. The molecule has 0 saturated carbocycles. The molecule has 5 nitrogen and oxygen atoms in total. The van der Waals surface area contributed by atoms with Gasteiger partial charge in [0.25, 0.3) is 0 Å². The van der Waals surface area contributed by atoms with E-state index in [1.807, 2.05) is 0 Å². The van der Waals surface area contributed by atoms with Crippen LogP contribution in [0.2, 0.25) is 0 Å². The molecule has 2 amide bonds. The quantitative estimate of drug-likeness (QED) is 0.540. The molecule has 0 aliphatic carbocycles. The minimum Gasteiger partial charge on any atom is -0.342 e. The average Bonchev–Trinajstić information content (AvgIpc) is 2.17. The highest BCUT2D eigenvalue weighted by molar-refractivity contribution is 5.81. The van der Waals surface area contributed by atoms with Crippen LogP contribution in [-0.2, 0) is 9.59 Å². The first-order valence-corrected chi connectivity index (χ1v) is 4.39. The molecule has 1 aliphatic heterocycles. The lowest BCUT2D eigenvalue weighted by Crippen LogP contribution is -2.52. The van der Waals surface area contributed by atoms with Crippen LogP contribution in [0.5, 0.6) is 0 Å². The summed E-state index contributed by atoms with van der Waals surface area (Å²) < 4.78 is 0. The van der Waals surface area contributed by atoms with E-state index in [2.05, 4.69) is 0 Å². The fourth-order valence-electron chi connectivity index (χ4n) is 1.34. The van der Waals surface area contributed by atoms with Gasteiger partial charge in [-0.1, -0.05) is 0 Å². The third-order valence-electron chi connectivity index (χ3n) is 2.16. The Bertz CT molecular complexity index is 198. The molecule has 0 aromatic rings. The predicted molar refractivity (Wildman–Crippen MR) is 47.9 cm³/mol. The van der Waals surface area contributed by atoms with Gasteiger partial charge in [-0.05, 0) is 6.92 Å². The molecule has 1 aliphatic rings. The number of piperazine rings is 1. The van der Waals surface area contributed by atoms with Crippen molar-refractivity contribution < 1.29 is 9.59 Å². The second-order valence-corrected chi connectivity index (χ2v) is 3.26. The van der Waals surface area contributed by atoms with Crippen LogP contribution in [0, 0.1) is 0 Å². The maximum absolute atomic E-state index is 11.4. The van der Waals surface area contributed by atoms with Crippen LogP contribution < -0.4 is 5.73 Å². The van der Waals surface area contributed by atoms with Crippen LogP contribution in [0.15, 0.2) is 0 Å². The van der Waals surface area contributed by atoms with Crippen molar-refractivity contribution in [2.45, 2.75) is 13.0 Å². The number of nitrogens with two attached hydrogens (primary N) is 1. The van der Waals surface area contributed by atoms with E-state index in [1.54, 1.807) is 16.7 Å². The van der Waals surface area contributed by atoms with Crippen molar-refractivity contribution in [1.29, 1.82) is 0 Å². The monoisotopic (exact) mass is 185 g/mol. The van der Waals surface area contributed by atoms with Crippen molar-refractivity contribution in [3.8, 4) is 0 Å². The van der Waals surface area contributed by atoms with Gasteiger partial charge >= 0.3 is 0 Å². The van der Waals surface area contributed by atoms with E-state index in [0.717, 1.165) is 6.41 Å². The number of hydrogen-bond acceptors (Lipinski definition) is 3. The summed E-state index contributed by atoms with van der Waals surface area (Å²) in [5.41, 5.74) is 5.46. The van der Waals surface area contributed by atoms with E-state index >= 15 is 0 Å². The maximum Gasteiger partial charge on any atom is 0.239 e. The Morgan fingerprint density at radius 2 is 1.92 bits per heavy atom. The van der Waals surface area contributed by atoms with E-state index in [1.165, 1.54) is 0 Å². The minimum atomic E-state index is -0.442. The van der Waals surface area contributed by atoms with Gasteiger partial charge in [0.15, 0.2) is 0 Å². The molecule has 1 rings (SSSR count). The van der Waals surface area contributed by atoms with Crippen molar-refractivity contribution in [2.24, 2.45) is 5.73 Å². The average molecular weight is 185 g/mol. The van der Waals surface area contributed by atoms with E-state index < -0.39 is 6.04 Å². The Morgan fingerprint density at radius 1 is 1.38 bits per heavy atom. The highest BCUT2D eigenvalue weighted by Gasteiger charge is 2.21. The Morgan fingerprint density at radius 3 is 2.31 bits per heavy atom. The normalized spacial score (nSPS) is 19.8. The van der Waals surface area contributed by atoms with Crippen molar-refractivity contribution in [3.63, 3.8) is 0 Å². The molecular weight excluding hydrogens is 170 g/mol. The predicted octanol–water partition coefficient (Wildman–Crippen LogP) is -1.37. The molecule has 1 saturated heterocycles. The highest BCUT2D eigenvalue weighted by atomic mass is 16.2. The summed E-state index contributed by atoms with van der Waals surface area (Å²) in [5, 5.41) is 0. The molecule has 1 heterocycles. The molecule has 0 bridgehead atoms. The summed E-state index contributed by atoms with van der Waals surface area (Å²) in [5.74, 6) is -0.0365. The summed E-state index contributed by atoms with van der Waals surface area (Å²) in [6.45, 7) is 4.09. The van der Waals surface area contributed by atoms with Gasteiger partial charge in [-0.2, -0.15) is 0 Å². The zero-order chi connectivity index (χ0) is 9.84. The lowest BCUT2D eigenvalue weighted by Gasteiger charge is -2.33. The molecule has 13 heavy (non-hydrogen) atoms. The first-order chi connectivity index (χ1) is 6.15. The Balaban J connectivity index is 2.40. The Hall–Kier alpha value is -1.10. The molecule has 1 fully saturated rings. The van der Waals surface area contributed by atoms with E-state index in [-0.39, 0.29) is 5.91 Å². The van der Waals surface area contributed by atoms with Crippen molar-refractivity contribution in [2.75, 3.05) is 26.2 Å². The number of nitrogens with zero attached hydrogens (tertiary/aromatic N) is 2. The molecular formula is C8H15N3O2. The number of hydrogen-bond donors (Lipinski definition) is 1. The van der Waals surface area contributed by atoms with Gasteiger partial charge in [-0.15, -0.1) is 0 Å². The number of rotatable bonds is 2. The largest absolute Gasteiger partial charge is 0.342 e. The van der Waals surface area contributed by atoms with E-state index in [4.69, 9.17) is 5.73 Å². The maximum atomic E-state index is 11.4. The van der Waals surface area contributed by atoms with Crippen molar-refractivity contribution >= 4 is 12.3 Å². The summed E-state index contributed by atoms with van der Waals surface area (Å²) in [6.07, 6.45) is 0.813. The van der Waals surface area contributed by atoms with Gasteiger partial charge in [0.2, 0.25) is 12.3 Å². The van der Waals surface area contributed by atoms with E-state index in [9.17, 15) is 9.59 Å². The standard InChI is InChI=1S/C8H15N3O2/c1-7(9)8(13)11-4-2-10(6-12)3-5-11/h6-7H,2-5,9H2,1H3/t7-/m0/s1. The fraction of sp³-hybridized carbons (Fsp3) is 0.750. The summed E-state index contributed by atoms with van der Waals surface area (Å²) in [4.78, 5) is 25.1. The molecule has 74 valence electrons. The smallest absolute Gasteiger partial charge is 0.239 e. The molecule has 0 aromatic heterocycles. The minimum absolute atomic E-state index is 0.0365. The van der Waals surface area contributed by atoms with Crippen LogP contribution in [0.25, 0.3) is 0 Å².